The van der Waals surface area contributed by atoms with E-state index >= 15 is 0 Å². The van der Waals surface area contributed by atoms with Crippen LogP contribution in [-0.2, 0) is 14.3 Å². The predicted octanol–water partition coefficient (Wildman–Crippen LogP) is 1.12. The largest absolute Gasteiger partial charge is 0.493 e. The molecule has 258 valence electrons. The Morgan fingerprint density at radius 2 is 1.65 bits per heavy atom. The molecule has 0 bridgehead atoms. The number of fused-ring (bicyclic) bond motifs is 3. The van der Waals surface area contributed by atoms with Crippen molar-refractivity contribution in [3.05, 3.63) is 63.7 Å². The first-order valence-corrected chi connectivity index (χ1v) is 14.7. The van der Waals surface area contributed by atoms with Gasteiger partial charge in [0.1, 0.15) is 11.9 Å². The third-order valence-corrected chi connectivity index (χ3v) is 8.86. The number of nitrogens with zero attached hydrogens (tertiary/aromatic N) is 2. The molecule has 0 spiro atoms. The number of carbonyl (C=O) groups is 1. The summed E-state index contributed by atoms with van der Waals surface area (Å²) in [5.41, 5.74) is 6.51. The number of hydrogen-bond acceptors (Lipinski definition) is 14. The van der Waals surface area contributed by atoms with Crippen LogP contribution < -0.4 is 35.1 Å². The van der Waals surface area contributed by atoms with E-state index < -0.39 is 48.7 Å². The van der Waals surface area contributed by atoms with Crippen LogP contribution in [0.3, 0.4) is 0 Å². The Kier molecular flexibility index (Phi) is 8.80. The van der Waals surface area contributed by atoms with E-state index in [0.717, 1.165) is 23.4 Å². The number of halogens is 2. The number of aliphatic hydroxyl groups excluding tert-OH is 3. The van der Waals surface area contributed by atoms with Crippen molar-refractivity contribution < 1.29 is 62.1 Å². The molecule has 3 aliphatic heterocycles. The first kappa shape index (κ1) is 33.2. The number of rotatable bonds is 6. The van der Waals surface area contributed by atoms with Crippen molar-refractivity contribution in [3.8, 4) is 28.7 Å². The molecule has 1 aromatic heterocycles. The molecule has 2 fully saturated rings. The summed E-state index contributed by atoms with van der Waals surface area (Å²) in [5.74, 6) is -2.84. The van der Waals surface area contributed by atoms with E-state index in [9.17, 15) is 28.6 Å². The van der Waals surface area contributed by atoms with Crippen molar-refractivity contribution in [3.63, 3.8) is 0 Å². The number of anilines is 1. The average Bonchev–Trinajstić information content (AvgIpc) is 3.76. The lowest BCUT2D eigenvalue weighted by molar-refractivity contribution is -0.141. The van der Waals surface area contributed by atoms with Crippen LogP contribution in [0.5, 0.6) is 28.7 Å². The lowest BCUT2D eigenvalue weighted by atomic mass is 9.66. The second-order valence-electron chi connectivity index (χ2n) is 11.4. The van der Waals surface area contributed by atoms with Gasteiger partial charge in [0.2, 0.25) is 18.8 Å². The minimum absolute atomic E-state index is 0.114. The van der Waals surface area contributed by atoms with Crippen LogP contribution in [0.4, 0.5) is 14.6 Å². The third-order valence-electron chi connectivity index (χ3n) is 8.86. The van der Waals surface area contributed by atoms with E-state index in [-0.39, 0.29) is 37.0 Å². The van der Waals surface area contributed by atoms with Crippen LogP contribution in [0.1, 0.15) is 34.9 Å². The van der Waals surface area contributed by atoms with Crippen molar-refractivity contribution in [1.29, 1.82) is 0 Å². The van der Waals surface area contributed by atoms with E-state index in [0.29, 0.717) is 38.9 Å². The van der Waals surface area contributed by atoms with Crippen molar-refractivity contribution in [2.45, 2.75) is 36.4 Å². The molecule has 5 N–H and O–H groups in total. The van der Waals surface area contributed by atoms with E-state index in [1.165, 1.54) is 7.11 Å². The van der Waals surface area contributed by atoms with Gasteiger partial charge in [0, 0.05) is 18.0 Å². The van der Waals surface area contributed by atoms with Crippen molar-refractivity contribution in [1.82, 2.24) is 9.55 Å². The molecule has 0 radical (unpaired) electrons. The van der Waals surface area contributed by atoms with E-state index in [1.54, 1.807) is 20.3 Å². The van der Waals surface area contributed by atoms with E-state index in [4.69, 9.17) is 44.0 Å². The minimum atomic E-state index is -3.71. The summed E-state index contributed by atoms with van der Waals surface area (Å²) in [6.07, 6.45) is -5.53. The van der Waals surface area contributed by atoms with Crippen LogP contribution in [0.15, 0.2) is 41.3 Å². The van der Waals surface area contributed by atoms with Gasteiger partial charge in [-0.2, -0.15) is 13.8 Å². The van der Waals surface area contributed by atoms with Crippen LogP contribution in [0.2, 0.25) is 0 Å². The van der Waals surface area contributed by atoms with Crippen LogP contribution >= 0.6 is 0 Å². The van der Waals surface area contributed by atoms with Gasteiger partial charge in [-0.25, -0.2) is 4.79 Å². The zero-order valence-electron chi connectivity index (χ0n) is 25.9. The van der Waals surface area contributed by atoms with Gasteiger partial charge in [-0.1, -0.05) is 0 Å². The maximum absolute atomic E-state index is 13.7. The molecule has 4 aliphatic rings. The molecule has 15 nitrogen and oxygen atoms in total. The minimum Gasteiger partial charge on any atom is -0.493 e. The molecule has 0 saturated carbocycles. The molecule has 3 aromatic rings. The zero-order valence-corrected chi connectivity index (χ0v) is 25.9. The molecule has 2 saturated heterocycles. The first-order chi connectivity index (χ1) is 22.9. The van der Waals surface area contributed by atoms with Gasteiger partial charge in [-0.15, -0.1) is 0 Å². The number of hydrogen-bond donors (Lipinski definition) is 4. The lowest BCUT2D eigenvalue weighted by Crippen LogP contribution is -2.41. The van der Waals surface area contributed by atoms with E-state index in [1.807, 2.05) is 18.2 Å². The highest BCUT2D eigenvalue weighted by Crippen LogP contribution is 2.55. The van der Waals surface area contributed by atoms with Crippen LogP contribution in [0, 0.1) is 11.8 Å². The molecular formula is C31H33F2N3O12. The molecule has 4 heterocycles. The van der Waals surface area contributed by atoms with Crippen molar-refractivity contribution in [2.24, 2.45) is 11.8 Å². The standard InChI is InChI=1S/C22H22O8.C9H11F2N3O4/c1-25-16-4-10(5-17(26-2)21(16)27-3)18-11-6-14-15(30-9-29-14)7-12(11)20(23)13-8-28-22(24)19(13)18;10-9(11)6(16)4(3-15)18-7(9)14-2-1-5(12)13-8(14)17/h4-7,13,18-20,23H,8-9H2,1-3H3;1-2,4,6-7,15-16H,3H2,(H2,12,13,17)/t13-,18+,19?,20?;4-,6?,7-/m01/s1. The SMILES string of the molecule is COc1cc([C@@H]2c3cc4c(cc3C(O)[C@H]3COC(=O)C23)OCO4)cc(OC)c1OC.Nc1ccn([C@@H]2O[C@H](CO)C(O)C2(F)F)c(=O)n1. The number of ether oxygens (including phenoxy) is 7. The van der Waals surface area contributed by atoms with Gasteiger partial charge in [-0.05, 0) is 47.0 Å². The summed E-state index contributed by atoms with van der Waals surface area (Å²) >= 11 is 0. The number of cyclic esters (lactones) is 1. The molecule has 7 atom stereocenters. The zero-order chi connectivity index (χ0) is 34.5. The van der Waals surface area contributed by atoms with Gasteiger partial charge in [0.25, 0.3) is 0 Å². The van der Waals surface area contributed by atoms with E-state index in [2.05, 4.69) is 4.98 Å². The second-order valence-corrected chi connectivity index (χ2v) is 11.4. The maximum atomic E-state index is 13.7. The summed E-state index contributed by atoms with van der Waals surface area (Å²) in [5, 5.41) is 29.1. The number of benzene rings is 2. The Morgan fingerprint density at radius 1 is 1.00 bits per heavy atom. The van der Waals surface area contributed by atoms with Crippen molar-refractivity contribution >= 4 is 11.8 Å². The number of alkyl halides is 2. The lowest BCUT2D eigenvalue weighted by Gasteiger charge is -2.37. The third kappa shape index (κ3) is 5.41. The molecule has 17 heteroatoms. The fourth-order valence-electron chi connectivity index (χ4n) is 6.54. The molecule has 2 aromatic carbocycles. The topological polar surface area (TPSA) is 203 Å². The summed E-state index contributed by atoms with van der Waals surface area (Å²) in [6.45, 7) is -0.498. The predicted molar refractivity (Wildman–Crippen MR) is 158 cm³/mol. The van der Waals surface area contributed by atoms with Gasteiger partial charge in [0.05, 0.1) is 46.6 Å². The highest BCUT2D eigenvalue weighted by atomic mass is 19.3. The summed E-state index contributed by atoms with van der Waals surface area (Å²) in [6, 6.07) is 8.46. The smallest absolute Gasteiger partial charge is 0.351 e. The Balaban J connectivity index is 0.000000191. The van der Waals surface area contributed by atoms with Gasteiger partial charge >= 0.3 is 17.6 Å². The molecular weight excluding hydrogens is 644 g/mol. The Bertz CT molecular complexity index is 1750. The highest BCUT2D eigenvalue weighted by Gasteiger charge is 2.59. The molecule has 1 aliphatic carbocycles. The van der Waals surface area contributed by atoms with Gasteiger partial charge < -0.3 is 54.2 Å². The number of nitrogen functional groups attached to an aromatic ring is 1. The van der Waals surface area contributed by atoms with Crippen LogP contribution in [0.25, 0.3) is 0 Å². The quantitative estimate of drug-likeness (QED) is 0.270. The number of nitrogens with two attached hydrogens (primary N) is 1. The Labute approximate surface area is 271 Å². The summed E-state index contributed by atoms with van der Waals surface area (Å²) in [4.78, 5) is 27.5. The highest BCUT2D eigenvalue weighted by molar-refractivity contribution is 5.79. The second kappa shape index (κ2) is 12.7. The Hall–Kier alpha value is -4.71. The monoisotopic (exact) mass is 677 g/mol. The maximum Gasteiger partial charge on any atom is 0.351 e. The fourth-order valence-corrected chi connectivity index (χ4v) is 6.54. The summed E-state index contributed by atoms with van der Waals surface area (Å²) < 4.78 is 65.6. The van der Waals surface area contributed by atoms with Crippen LogP contribution in [-0.4, -0.2) is 90.3 Å². The molecule has 7 rings (SSSR count). The van der Waals surface area contributed by atoms with Gasteiger partial charge in [-0.3, -0.25) is 9.36 Å². The average molecular weight is 678 g/mol. The first-order valence-electron chi connectivity index (χ1n) is 14.7. The van der Waals surface area contributed by atoms with Crippen molar-refractivity contribution in [2.75, 3.05) is 47.1 Å². The fraction of sp³-hybridized carbons (Fsp3) is 0.452. The summed E-state index contributed by atoms with van der Waals surface area (Å²) in [7, 11) is 4.63. The number of methoxy groups -OCH3 is 3. The molecule has 48 heavy (non-hydrogen) atoms. The Morgan fingerprint density at radius 3 is 2.21 bits per heavy atom. The normalized spacial score (nSPS) is 27.7. The number of aliphatic hydroxyl groups is 3. The number of carbonyl (C=O) groups excluding carboxylic acids is 1. The molecule has 3 unspecified atom stereocenters. The molecule has 0 amide bonds. The number of esters is 1. The number of aromatic nitrogens is 2. The van der Waals surface area contributed by atoms with Gasteiger partial charge in [0.15, 0.2) is 29.1 Å².